The Morgan fingerprint density at radius 1 is 1.47 bits per heavy atom. The van der Waals surface area contributed by atoms with Crippen LogP contribution in [0.15, 0.2) is 27.2 Å². The van der Waals surface area contributed by atoms with Crippen molar-refractivity contribution in [3.05, 3.63) is 34.4 Å². The van der Waals surface area contributed by atoms with Gasteiger partial charge in [0.25, 0.3) is 0 Å². The molecule has 0 amide bonds. The van der Waals surface area contributed by atoms with Crippen LogP contribution in [0.1, 0.15) is 11.7 Å². The van der Waals surface area contributed by atoms with Gasteiger partial charge in [-0.3, -0.25) is 0 Å². The van der Waals surface area contributed by atoms with E-state index in [1.54, 1.807) is 6.92 Å². The predicted octanol–water partition coefficient (Wildman–Crippen LogP) is 2.38. The summed E-state index contributed by atoms with van der Waals surface area (Å²) < 4.78 is 5.85. The Morgan fingerprint density at radius 2 is 2.29 bits per heavy atom. The zero-order valence-corrected chi connectivity index (χ0v) is 11.0. The maximum Gasteiger partial charge on any atom is 0.223 e. The van der Waals surface area contributed by atoms with E-state index in [2.05, 4.69) is 31.4 Å². The van der Waals surface area contributed by atoms with E-state index in [4.69, 9.17) is 10.3 Å². The lowest BCUT2D eigenvalue weighted by Crippen LogP contribution is -2.07. The first-order chi connectivity index (χ1) is 8.15. The van der Waals surface area contributed by atoms with Crippen LogP contribution in [0.5, 0.6) is 0 Å². The largest absolute Gasteiger partial charge is 0.397 e. The van der Waals surface area contributed by atoms with Crippen LogP contribution >= 0.6 is 15.9 Å². The van der Waals surface area contributed by atoms with Crippen LogP contribution in [0.25, 0.3) is 0 Å². The van der Waals surface area contributed by atoms with Crippen LogP contribution in [-0.4, -0.2) is 16.7 Å². The normalized spacial score (nSPS) is 10.5. The number of hydrogen-bond acceptors (Lipinski definition) is 5. The van der Waals surface area contributed by atoms with Crippen LogP contribution in [-0.2, 0) is 6.42 Å². The van der Waals surface area contributed by atoms with Gasteiger partial charge in [0.15, 0.2) is 5.82 Å². The summed E-state index contributed by atoms with van der Waals surface area (Å²) in [6.07, 6.45) is 0.701. The minimum Gasteiger partial charge on any atom is -0.397 e. The molecule has 0 aliphatic rings. The van der Waals surface area contributed by atoms with Crippen molar-refractivity contribution in [2.75, 3.05) is 17.6 Å². The fourth-order valence-electron chi connectivity index (χ4n) is 1.45. The van der Waals surface area contributed by atoms with Crippen molar-refractivity contribution in [1.29, 1.82) is 0 Å². The van der Waals surface area contributed by atoms with E-state index >= 15 is 0 Å². The van der Waals surface area contributed by atoms with Crippen LogP contribution < -0.4 is 11.1 Å². The number of aryl methyl sites for hydroxylation is 1. The number of halogens is 1. The van der Waals surface area contributed by atoms with Gasteiger partial charge in [0.1, 0.15) is 0 Å². The lowest BCUT2D eigenvalue weighted by molar-refractivity contribution is 0.387. The third-order valence-electron chi connectivity index (χ3n) is 2.25. The third kappa shape index (κ3) is 3.20. The minimum atomic E-state index is 0.586. The molecule has 5 nitrogen and oxygen atoms in total. The Morgan fingerprint density at radius 3 is 2.94 bits per heavy atom. The standard InChI is InChI=1S/C11H13BrN4O/c1-7-15-11(16-17-7)4-5-14-10-3-2-8(12)6-9(10)13/h2-3,6,14H,4-5,13H2,1H3. The highest BCUT2D eigenvalue weighted by molar-refractivity contribution is 9.10. The number of nitrogens with zero attached hydrogens (tertiary/aromatic N) is 2. The first-order valence-corrected chi connectivity index (χ1v) is 6.02. The molecule has 2 rings (SSSR count). The van der Waals surface area contributed by atoms with Crippen LogP contribution in [0.2, 0.25) is 0 Å². The molecule has 0 aliphatic carbocycles. The third-order valence-corrected chi connectivity index (χ3v) is 2.74. The molecule has 0 fully saturated rings. The first kappa shape index (κ1) is 11.9. The lowest BCUT2D eigenvalue weighted by Gasteiger charge is -2.08. The molecule has 0 unspecified atom stereocenters. The van der Waals surface area contributed by atoms with Crippen molar-refractivity contribution in [1.82, 2.24) is 10.1 Å². The van der Waals surface area contributed by atoms with E-state index in [0.29, 0.717) is 30.4 Å². The van der Waals surface area contributed by atoms with Gasteiger partial charge in [0, 0.05) is 24.4 Å². The summed E-state index contributed by atoms with van der Waals surface area (Å²) in [5.74, 6) is 1.29. The SMILES string of the molecule is Cc1nc(CCNc2ccc(Br)cc2N)no1. The second-order valence-corrected chi connectivity index (χ2v) is 4.55. The molecule has 0 saturated heterocycles. The van der Waals surface area contributed by atoms with E-state index in [1.807, 2.05) is 18.2 Å². The number of nitrogen functional groups attached to an aromatic ring is 1. The quantitative estimate of drug-likeness (QED) is 0.847. The maximum absolute atomic E-state index is 5.86. The highest BCUT2D eigenvalue weighted by Crippen LogP contribution is 2.22. The maximum atomic E-state index is 5.86. The molecule has 0 aliphatic heterocycles. The smallest absolute Gasteiger partial charge is 0.223 e. The van der Waals surface area contributed by atoms with Gasteiger partial charge < -0.3 is 15.6 Å². The molecule has 0 spiro atoms. The molecule has 1 aromatic heterocycles. The molecule has 3 N–H and O–H groups in total. The molecule has 90 valence electrons. The van der Waals surface area contributed by atoms with E-state index < -0.39 is 0 Å². The van der Waals surface area contributed by atoms with Gasteiger partial charge in [0.05, 0.1) is 11.4 Å². The number of nitrogens with one attached hydrogen (secondary N) is 1. The van der Waals surface area contributed by atoms with Crippen LogP contribution in [0.4, 0.5) is 11.4 Å². The van der Waals surface area contributed by atoms with Gasteiger partial charge in [-0.1, -0.05) is 21.1 Å². The first-order valence-electron chi connectivity index (χ1n) is 5.23. The molecular weight excluding hydrogens is 284 g/mol. The molecule has 6 heteroatoms. The van der Waals surface area contributed by atoms with Crippen molar-refractivity contribution in [3.8, 4) is 0 Å². The number of benzene rings is 1. The second kappa shape index (κ2) is 5.18. The molecule has 0 bridgehead atoms. The molecule has 0 radical (unpaired) electrons. The number of hydrogen-bond donors (Lipinski definition) is 2. The Labute approximate surface area is 108 Å². The van der Waals surface area contributed by atoms with Crippen molar-refractivity contribution in [3.63, 3.8) is 0 Å². The fourth-order valence-corrected chi connectivity index (χ4v) is 1.83. The van der Waals surface area contributed by atoms with Gasteiger partial charge in [-0.2, -0.15) is 4.98 Å². The molecule has 17 heavy (non-hydrogen) atoms. The van der Waals surface area contributed by atoms with Crippen molar-refractivity contribution in [2.24, 2.45) is 0 Å². The molecule has 0 atom stereocenters. The Kier molecular flexibility index (Phi) is 3.63. The molecule has 2 aromatic rings. The van der Waals surface area contributed by atoms with E-state index in [0.717, 1.165) is 10.2 Å². The molecule has 0 saturated carbocycles. The van der Waals surface area contributed by atoms with Crippen LogP contribution in [0.3, 0.4) is 0 Å². The van der Waals surface area contributed by atoms with Gasteiger partial charge in [-0.05, 0) is 18.2 Å². The Balaban J connectivity index is 1.90. The fraction of sp³-hybridized carbons (Fsp3) is 0.273. The molecule has 1 heterocycles. The topological polar surface area (TPSA) is 77.0 Å². The lowest BCUT2D eigenvalue weighted by atomic mass is 10.2. The average molecular weight is 297 g/mol. The summed E-state index contributed by atoms with van der Waals surface area (Å²) in [4.78, 5) is 4.12. The number of rotatable bonds is 4. The van der Waals surface area contributed by atoms with Crippen molar-refractivity contribution < 1.29 is 4.52 Å². The van der Waals surface area contributed by atoms with Crippen molar-refractivity contribution >= 4 is 27.3 Å². The predicted molar refractivity (Wildman–Crippen MR) is 69.8 cm³/mol. The second-order valence-electron chi connectivity index (χ2n) is 3.64. The Bertz CT molecular complexity index is 512. The summed E-state index contributed by atoms with van der Waals surface area (Å²) in [7, 11) is 0. The summed E-state index contributed by atoms with van der Waals surface area (Å²) in [5, 5.41) is 7.05. The monoisotopic (exact) mass is 296 g/mol. The van der Waals surface area contributed by atoms with Gasteiger partial charge >= 0.3 is 0 Å². The van der Waals surface area contributed by atoms with E-state index in [1.165, 1.54) is 0 Å². The number of aromatic nitrogens is 2. The molecular formula is C11H13BrN4O. The zero-order valence-electron chi connectivity index (χ0n) is 9.40. The van der Waals surface area contributed by atoms with E-state index in [-0.39, 0.29) is 0 Å². The van der Waals surface area contributed by atoms with Crippen molar-refractivity contribution in [2.45, 2.75) is 13.3 Å². The van der Waals surface area contributed by atoms with Gasteiger partial charge in [-0.25, -0.2) is 0 Å². The Hall–Kier alpha value is -1.56. The zero-order chi connectivity index (χ0) is 12.3. The summed E-state index contributed by atoms with van der Waals surface area (Å²) in [5.41, 5.74) is 7.48. The molecule has 1 aromatic carbocycles. The number of nitrogens with two attached hydrogens (primary N) is 1. The van der Waals surface area contributed by atoms with Gasteiger partial charge in [-0.15, -0.1) is 0 Å². The minimum absolute atomic E-state index is 0.586. The highest BCUT2D eigenvalue weighted by atomic mass is 79.9. The summed E-state index contributed by atoms with van der Waals surface area (Å²) in [6.45, 7) is 2.49. The highest BCUT2D eigenvalue weighted by Gasteiger charge is 2.03. The van der Waals surface area contributed by atoms with Gasteiger partial charge in [0.2, 0.25) is 5.89 Å². The van der Waals surface area contributed by atoms with Crippen LogP contribution in [0, 0.1) is 6.92 Å². The van der Waals surface area contributed by atoms with E-state index in [9.17, 15) is 0 Å². The number of anilines is 2. The summed E-state index contributed by atoms with van der Waals surface area (Å²) >= 11 is 3.36. The summed E-state index contributed by atoms with van der Waals surface area (Å²) in [6, 6.07) is 5.74. The average Bonchev–Trinajstić information content (AvgIpc) is 2.68.